The first kappa shape index (κ1) is 20.2. The highest BCUT2D eigenvalue weighted by Gasteiger charge is 2.54. The molecule has 4 rings (SSSR count). The fourth-order valence-corrected chi connectivity index (χ4v) is 3.92. The Labute approximate surface area is 176 Å². The van der Waals surface area contributed by atoms with Gasteiger partial charge in [0, 0.05) is 10.6 Å². The number of carbonyl (C=O) groups excluding carboxylic acids is 1. The summed E-state index contributed by atoms with van der Waals surface area (Å²) < 4.78 is 17.6. The van der Waals surface area contributed by atoms with Crippen LogP contribution < -0.4 is 9.64 Å². The Balaban J connectivity index is 1.49. The molecule has 2 heterocycles. The Morgan fingerprint density at radius 2 is 1.79 bits per heavy atom. The van der Waals surface area contributed by atoms with Gasteiger partial charge in [-0.15, -0.1) is 0 Å². The molecule has 0 saturated carbocycles. The first-order chi connectivity index (χ1) is 13.8. The van der Waals surface area contributed by atoms with Crippen molar-refractivity contribution in [2.24, 2.45) is 0 Å². The van der Waals surface area contributed by atoms with Crippen molar-refractivity contribution < 1.29 is 19.0 Å². The molecule has 0 radical (unpaired) electrons. The first-order valence-corrected chi connectivity index (χ1v) is 10.3. The van der Waals surface area contributed by atoms with Gasteiger partial charge in [-0.2, -0.15) is 0 Å². The number of nitrogens with zero attached hydrogens (tertiary/aromatic N) is 1. The van der Waals surface area contributed by atoms with Gasteiger partial charge in [-0.1, -0.05) is 44.5 Å². The molecule has 5 nitrogen and oxygen atoms in total. The van der Waals surface area contributed by atoms with Crippen LogP contribution in [0.3, 0.4) is 0 Å². The van der Waals surface area contributed by atoms with Crippen LogP contribution in [0, 0.1) is 0 Å². The van der Waals surface area contributed by atoms with Crippen LogP contribution in [-0.2, 0) is 25.5 Å². The lowest BCUT2D eigenvalue weighted by Gasteiger charge is -2.32. The maximum Gasteiger partial charge on any atom is 0.292 e. The summed E-state index contributed by atoms with van der Waals surface area (Å²) in [5.41, 5.74) is 2.77. The highest BCUT2D eigenvalue weighted by Crippen LogP contribution is 2.46. The van der Waals surface area contributed by atoms with Gasteiger partial charge in [0.25, 0.3) is 11.7 Å². The maximum absolute atomic E-state index is 13.2. The zero-order valence-corrected chi connectivity index (χ0v) is 17.8. The van der Waals surface area contributed by atoms with Crippen LogP contribution in [0.4, 0.5) is 5.69 Å². The maximum atomic E-state index is 13.2. The molecule has 0 N–H and O–H groups in total. The van der Waals surface area contributed by atoms with E-state index < -0.39 is 5.79 Å². The molecule has 154 valence electrons. The largest absolute Gasteiger partial charge is 0.492 e. The van der Waals surface area contributed by atoms with E-state index in [0.717, 1.165) is 17.9 Å². The van der Waals surface area contributed by atoms with Crippen LogP contribution >= 0.6 is 11.6 Å². The van der Waals surface area contributed by atoms with Crippen LogP contribution in [0.25, 0.3) is 0 Å². The van der Waals surface area contributed by atoms with Gasteiger partial charge in [0.15, 0.2) is 0 Å². The Kier molecular flexibility index (Phi) is 5.32. The van der Waals surface area contributed by atoms with Gasteiger partial charge < -0.3 is 19.1 Å². The number of halogens is 1. The van der Waals surface area contributed by atoms with Crippen molar-refractivity contribution in [3.8, 4) is 5.75 Å². The summed E-state index contributed by atoms with van der Waals surface area (Å²) in [7, 11) is 0. The summed E-state index contributed by atoms with van der Waals surface area (Å²) in [5.74, 6) is -0.825. The molecule has 6 heteroatoms. The SMILES string of the molecule is CC(C)(C)c1ccc(OCCN2C(=O)C3(OCCCO3)c3cc(Cl)ccc32)cc1. The number of hydrogen-bond acceptors (Lipinski definition) is 4. The van der Waals surface area contributed by atoms with E-state index in [9.17, 15) is 4.79 Å². The van der Waals surface area contributed by atoms with Crippen LogP contribution in [0.1, 0.15) is 38.3 Å². The number of carbonyl (C=O) groups is 1. The third kappa shape index (κ3) is 3.75. The molecule has 0 atom stereocenters. The predicted molar refractivity (Wildman–Crippen MR) is 113 cm³/mol. The van der Waals surface area contributed by atoms with E-state index in [1.165, 1.54) is 5.56 Å². The third-order valence-corrected chi connectivity index (χ3v) is 5.57. The van der Waals surface area contributed by atoms with Crippen LogP contribution in [0.2, 0.25) is 5.02 Å². The zero-order chi connectivity index (χ0) is 20.6. The Hall–Kier alpha value is -2.08. The lowest BCUT2D eigenvalue weighted by molar-refractivity contribution is -0.256. The van der Waals surface area contributed by atoms with Gasteiger partial charge in [-0.05, 0) is 47.7 Å². The van der Waals surface area contributed by atoms with E-state index in [1.807, 2.05) is 18.2 Å². The number of rotatable bonds is 4. The van der Waals surface area contributed by atoms with Crippen molar-refractivity contribution in [2.75, 3.05) is 31.3 Å². The molecule has 2 aromatic carbocycles. The molecule has 1 fully saturated rings. The van der Waals surface area contributed by atoms with Gasteiger partial charge in [0.1, 0.15) is 12.4 Å². The minimum Gasteiger partial charge on any atom is -0.492 e. The number of benzene rings is 2. The van der Waals surface area contributed by atoms with E-state index in [4.69, 9.17) is 25.8 Å². The monoisotopic (exact) mass is 415 g/mol. The summed E-state index contributed by atoms with van der Waals surface area (Å²) in [6, 6.07) is 13.5. The zero-order valence-electron chi connectivity index (χ0n) is 17.0. The first-order valence-electron chi connectivity index (χ1n) is 9.94. The van der Waals surface area contributed by atoms with E-state index in [1.54, 1.807) is 17.0 Å². The lowest BCUT2D eigenvalue weighted by Crippen LogP contribution is -2.48. The van der Waals surface area contributed by atoms with Crippen molar-refractivity contribution in [3.05, 3.63) is 58.6 Å². The number of hydrogen-bond donors (Lipinski definition) is 0. The minimum atomic E-state index is -1.38. The third-order valence-electron chi connectivity index (χ3n) is 5.33. The minimum absolute atomic E-state index is 0.0970. The smallest absolute Gasteiger partial charge is 0.292 e. The summed E-state index contributed by atoms with van der Waals surface area (Å²) >= 11 is 6.18. The summed E-state index contributed by atoms with van der Waals surface area (Å²) in [5, 5.41) is 0.547. The number of amides is 1. The van der Waals surface area contributed by atoms with E-state index in [2.05, 4.69) is 32.9 Å². The summed E-state index contributed by atoms with van der Waals surface area (Å²) in [6.45, 7) is 8.23. The molecule has 1 amide bonds. The molecule has 0 aromatic heterocycles. The Morgan fingerprint density at radius 3 is 2.45 bits per heavy atom. The van der Waals surface area contributed by atoms with Crippen molar-refractivity contribution in [3.63, 3.8) is 0 Å². The molecule has 2 aliphatic rings. The van der Waals surface area contributed by atoms with Gasteiger partial charge >= 0.3 is 0 Å². The predicted octanol–water partition coefficient (Wildman–Crippen LogP) is 4.65. The molecule has 2 aliphatic heterocycles. The van der Waals surface area contributed by atoms with Gasteiger partial charge in [-0.25, -0.2) is 0 Å². The molecular formula is C23H26ClNO4. The molecule has 0 unspecified atom stereocenters. The quantitative estimate of drug-likeness (QED) is 0.729. The van der Waals surface area contributed by atoms with Crippen LogP contribution in [-0.4, -0.2) is 32.3 Å². The van der Waals surface area contributed by atoms with E-state index >= 15 is 0 Å². The van der Waals surface area contributed by atoms with Crippen molar-refractivity contribution >= 4 is 23.2 Å². The van der Waals surface area contributed by atoms with E-state index in [-0.39, 0.29) is 11.3 Å². The molecular weight excluding hydrogens is 390 g/mol. The Bertz CT molecular complexity index is 898. The molecule has 2 aromatic rings. The highest BCUT2D eigenvalue weighted by molar-refractivity contribution is 6.31. The van der Waals surface area contributed by atoms with Crippen LogP contribution in [0.15, 0.2) is 42.5 Å². The van der Waals surface area contributed by atoms with E-state index in [0.29, 0.717) is 37.0 Å². The fraction of sp³-hybridized carbons (Fsp3) is 0.435. The number of fused-ring (bicyclic) bond motifs is 2. The number of ether oxygens (including phenoxy) is 3. The van der Waals surface area contributed by atoms with Gasteiger partial charge in [0.05, 0.1) is 25.4 Å². The van der Waals surface area contributed by atoms with Crippen molar-refractivity contribution in [2.45, 2.75) is 38.4 Å². The molecule has 29 heavy (non-hydrogen) atoms. The average molecular weight is 416 g/mol. The summed E-state index contributed by atoms with van der Waals surface area (Å²) in [4.78, 5) is 14.9. The van der Waals surface area contributed by atoms with Crippen LogP contribution in [0.5, 0.6) is 5.75 Å². The van der Waals surface area contributed by atoms with Crippen molar-refractivity contribution in [1.29, 1.82) is 0 Å². The molecule has 0 aliphatic carbocycles. The topological polar surface area (TPSA) is 48.0 Å². The lowest BCUT2D eigenvalue weighted by atomic mass is 9.87. The second-order valence-electron chi connectivity index (χ2n) is 8.41. The van der Waals surface area contributed by atoms with Gasteiger partial charge in [-0.3, -0.25) is 4.79 Å². The average Bonchev–Trinajstić information content (AvgIpc) is 2.91. The second-order valence-corrected chi connectivity index (χ2v) is 8.84. The second kappa shape index (κ2) is 7.63. The van der Waals surface area contributed by atoms with Gasteiger partial charge in [0.2, 0.25) is 0 Å². The highest BCUT2D eigenvalue weighted by atomic mass is 35.5. The fourth-order valence-electron chi connectivity index (χ4n) is 3.75. The van der Waals surface area contributed by atoms with Crippen molar-refractivity contribution in [1.82, 2.24) is 0 Å². The normalized spacial score (nSPS) is 18.2. The standard InChI is InChI=1S/C23H26ClNO4/c1-22(2,3)16-5-8-18(9-6-16)27-14-11-25-20-10-7-17(24)15-19(20)23(21(25)26)28-12-4-13-29-23/h5-10,15H,4,11-14H2,1-3H3. The number of anilines is 1. The molecule has 1 saturated heterocycles. The Morgan fingerprint density at radius 1 is 1.10 bits per heavy atom. The molecule has 0 bridgehead atoms. The summed E-state index contributed by atoms with van der Waals surface area (Å²) in [6.07, 6.45) is 0.763. The molecule has 1 spiro atoms.